The molecule has 0 aliphatic carbocycles. The number of rotatable bonds is 8. The highest BCUT2D eigenvalue weighted by Gasteiger charge is 2.40. The SMILES string of the molecule is CCCOc1ccc(C2=C(Nc3cccc(OC)c3)C(=O)N(C(C)C)C2=O)cc1. The van der Waals surface area contributed by atoms with E-state index < -0.39 is 0 Å². The Hall–Kier alpha value is -3.28. The van der Waals surface area contributed by atoms with Crippen LogP contribution in [0.15, 0.2) is 54.2 Å². The number of carbonyl (C=O) groups excluding carboxylic acids is 2. The molecule has 3 rings (SSSR count). The molecule has 0 saturated heterocycles. The zero-order valence-corrected chi connectivity index (χ0v) is 17.2. The lowest BCUT2D eigenvalue weighted by Gasteiger charge is -2.19. The molecule has 0 unspecified atom stereocenters. The first-order chi connectivity index (χ1) is 14.0. The highest BCUT2D eigenvalue weighted by molar-refractivity contribution is 6.36. The first-order valence-electron chi connectivity index (χ1n) is 9.72. The smallest absolute Gasteiger partial charge is 0.278 e. The Labute approximate surface area is 171 Å². The minimum atomic E-state index is -0.339. The molecule has 2 amide bonds. The van der Waals surface area contributed by atoms with Gasteiger partial charge < -0.3 is 14.8 Å². The molecule has 0 spiro atoms. The van der Waals surface area contributed by atoms with Crippen molar-refractivity contribution in [1.29, 1.82) is 0 Å². The van der Waals surface area contributed by atoms with Crippen LogP contribution in [0.1, 0.15) is 32.8 Å². The third kappa shape index (κ3) is 4.26. The highest BCUT2D eigenvalue weighted by atomic mass is 16.5. The number of amides is 2. The van der Waals surface area contributed by atoms with Crippen LogP contribution in [0.4, 0.5) is 5.69 Å². The molecule has 0 atom stereocenters. The summed E-state index contributed by atoms with van der Waals surface area (Å²) in [6, 6.07) is 14.2. The Bertz CT molecular complexity index is 932. The van der Waals surface area contributed by atoms with Crippen LogP contribution in [0.5, 0.6) is 11.5 Å². The summed E-state index contributed by atoms with van der Waals surface area (Å²) < 4.78 is 10.9. The van der Waals surface area contributed by atoms with Crippen molar-refractivity contribution in [3.05, 3.63) is 59.8 Å². The first-order valence-corrected chi connectivity index (χ1v) is 9.72. The second kappa shape index (κ2) is 8.82. The number of methoxy groups -OCH3 is 1. The second-order valence-electron chi connectivity index (χ2n) is 7.05. The lowest BCUT2D eigenvalue weighted by molar-refractivity contribution is -0.138. The fourth-order valence-electron chi connectivity index (χ4n) is 3.18. The molecule has 0 aromatic heterocycles. The van der Waals surface area contributed by atoms with Crippen molar-refractivity contribution < 1.29 is 19.1 Å². The van der Waals surface area contributed by atoms with Gasteiger partial charge in [-0.25, -0.2) is 0 Å². The molecule has 29 heavy (non-hydrogen) atoms. The van der Waals surface area contributed by atoms with Crippen LogP contribution in [-0.2, 0) is 9.59 Å². The predicted molar refractivity (Wildman–Crippen MR) is 113 cm³/mol. The van der Waals surface area contributed by atoms with Crippen LogP contribution in [-0.4, -0.2) is 36.5 Å². The van der Waals surface area contributed by atoms with Crippen LogP contribution in [0.3, 0.4) is 0 Å². The van der Waals surface area contributed by atoms with Crippen molar-refractivity contribution in [3.8, 4) is 11.5 Å². The number of ether oxygens (including phenoxy) is 2. The van der Waals surface area contributed by atoms with Gasteiger partial charge in [-0.1, -0.05) is 25.1 Å². The molecule has 1 aliphatic heterocycles. The van der Waals surface area contributed by atoms with E-state index in [0.29, 0.717) is 29.2 Å². The van der Waals surface area contributed by atoms with Gasteiger partial charge >= 0.3 is 0 Å². The minimum Gasteiger partial charge on any atom is -0.497 e. The average molecular weight is 394 g/mol. The van der Waals surface area contributed by atoms with Gasteiger partial charge in [0.1, 0.15) is 17.2 Å². The van der Waals surface area contributed by atoms with E-state index in [2.05, 4.69) is 5.32 Å². The Kier molecular flexibility index (Phi) is 6.22. The largest absolute Gasteiger partial charge is 0.497 e. The summed E-state index contributed by atoms with van der Waals surface area (Å²) in [5.74, 6) is 0.745. The number of imide groups is 1. The quantitative estimate of drug-likeness (QED) is 0.683. The maximum absolute atomic E-state index is 13.1. The summed E-state index contributed by atoms with van der Waals surface area (Å²) >= 11 is 0. The molecule has 1 N–H and O–H groups in total. The van der Waals surface area contributed by atoms with E-state index in [1.165, 1.54) is 4.90 Å². The molecule has 0 bridgehead atoms. The van der Waals surface area contributed by atoms with Crippen LogP contribution in [0, 0.1) is 0 Å². The van der Waals surface area contributed by atoms with Gasteiger partial charge in [0, 0.05) is 17.8 Å². The summed E-state index contributed by atoms with van der Waals surface area (Å²) in [7, 11) is 1.58. The zero-order valence-electron chi connectivity index (χ0n) is 17.2. The van der Waals surface area contributed by atoms with Crippen molar-refractivity contribution in [2.75, 3.05) is 19.0 Å². The van der Waals surface area contributed by atoms with Crippen molar-refractivity contribution in [2.24, 2.45) is 0 Å². The summed E-state index contributed by atoms with van der Waals surface area (Å²) in [6.45, 7) is 6.31. The number of hydrogen-bond acceptors (Lipinski definition) is 5. The summed E-state index contributed by atoms with van der Waals surface area (Å²) in [5, 5.41) is 3.13. The maximum Gasteiger partial charge on any atom is 0.278 e. The molecule has 1 aliphatic rings. The summed E-state index contributed by atoms with van der Waals surface area (Å²) in [5.41, 5.74) is 1.96. The minimum absolute atomic E-state index is 0.248. The molecule has 0 fully saturated rings. The van der Waals surface area contributed by atoms with Gasteiger partial charge in [-0.15, -0.1) is 0 Å². The van der Waals surface area contributed by atoms with E-state index >= 15 is 0 Å². The van der Waals surface area contributed by atoms with Gasteiger partial charge in [-0.2, -0.15) is 0 Å². The van der Waals surface area contributed by atoms with Gasteiger partial charge in [0.2, 0.25) is 0 Å². The number of nitrogens with one attached hydrogen (secondary N) is 1. The lowest BCUT2D eigenvalue weighted by Crippen LogP contribution is -2.38. The maximum atomic E-state index is 13.1. The molecule has 2 aromatic rings. The van der Waals surface area contributed by atoms with Crippen molar-refractivity contribution >= 4 is 23.1 Å². The fraction of sp³-hybridized carbons (Fsp3) is 0.304. The van der Waals surface area contributed by atoms with Gasteiger partial charge in [-0.05, 0) is 50.1 Å². The van der Waals surface area contributed by atoms with E-state index in [0.717, 1.165) is 12.2 Å². The van der Waals surface area contributed by atoms with E-state index in [1.54, 1.807) is 13.2 Å². The predicted octanol–water partition coefficient (Wildman–Crippen LogP) is 4.08. The van der Waals surface area contributed by atoms with E-state index in [4.69, 9.17) is 9.47 Å². The van der Waals surface area contributed by atoms with Crippen LogP contribution in [0.2, 0.25) is 0 Å². The van der Waals surface area contributed by atoms with Gasteiger partial charge in [-0.3, -0.25) is 14.5 Å². The van der Waals surface area contributed by atoms with E-state index in [1.807, 2.05) is 63.2 Å². The van der Waals surface area contributed by atoms with Crippen molar-refractivity contribution in [2.45, 2.75) is 33.2 Å². The van der Waals surface area contributed by atoms with E-state index in [-0.39, 0.29) is 23.6 Å². The molecule has 0 saturated carbocycles. The molecule has 6 heteroatoms. The van der Waals surface area contributed by atoms with Gasteiger partial charge in [0.25, 0.3) is 11.8 Å². The normalized spacial score (nSPS) is 14.0. The van der Waals surface area contributed by atoms with Crippen molar-refractivity contribution in [1.82, 2.24) is 4.90 Å². The third-order valence-corrected chi connectivity index (χ3v) is 4.59. The number of benzene rings is 2. The average Bonchev–Trinajstić information content (AvgIpc) is 2.96. The molecule has 0 radical (unpaired) electrons. The standard InChI is InChI=1S/C23H26N2O4/c1-5-13-29-18-11-9-16(10-12-18)20-21(23(27)25(15(2)3)22(20)26)24-17-7-6-8-19(14-17)28-4/h6-12,14-15,24H,5,13H2,1-4H3. The van der Waals surface area contributed by atoms with Crippen LogP contribution >= 0.6 is 0 Å². The van der Waals surface area contributed by atoms with Crippen molar-refractivity contribution in [3.63, 3.8) is 0 Å². The number of carbonyl (C=O) groups is 2. The Balaban J connectivity index is 2.01. The highest BCUT2D eigenvalue weighted by Crippen LogP contribution is 2.33. The van der Waals surface area contributed by atoms with Gasteiger partial charge in [0.15, 0.2) is 0 Å². The molecular formula is C23H26N2O4. The number of hydrogen-bond donors (Lipinski definition) is 1. The summed E-state index contributed by atoms with van der Waals surface area (Å²) in [6.07, 6.45) is 0.915. The molecule has 2 aromatic carbocycles. The third-order valence-electron chi connectivity index (χ3n) is 4.59. The second-order valence-corrected chi connectivity index (χ2v) is 7.05. The molecule has 1 heterocycles. The zero-order chi connectivity index (χ0) is 21.0. The Morgan fingerprint density at radius 2 is 1.72 bits per heavy atom. The topological polar surface area (TPSA) is 67.9 Å². The molecule has 6 nitrogen and oxygen atoms in total. The Morgan fingerprint density at radius 1 is 1.00 bits per heavy atom. The monoisotopic (exact) mass is 394 g/mol. The first kappa shape index (κ1) is 20.5. The number of nitrogens with zero attached hydrogens (tertiary/aromatic N) is 1. The van der Waals surface area contributed by atoms with E-state index in [9.17, 15) is 9.59 Å². The van der Waals surface area contributed by atoms with Crippen LogP contribution in [0.25, 0.3) is 5.57 Å². The Morgan fingerprint density at radius 3 is 2.34 bits per heavy atom. The van der Waals surface area contributed by atoms with Crippen LogP contribution < -0.4 is 14.8 Å². The molecule has 152 valence electrons. The molecular weight excluding hydrogens is 368 g/mol. The lowest BCUT2D eigenvalue weighted by atomic mass is 10.0. The summed E-state index contributed by atoms with van der Waals surface area (Å²) in [4.78, 5) is 27.4. The number of anilines is 1. The fourth-order valence-corrected chi connectivity index (χ4v) is 3.18. The van der Waals surface area contributed by atoms with Gasteiger partial charge in [0.05, 0.1) is 19.3 Å².